The van der Waals surface area contributed by atoms with Gasteiger partial charge in [-0.05, 0) is 12.1 Å². The van der Waals surface area contributed by atoms with Crippen LogP contribution in [0.4, 0.5) is 0 Å². The molecule has 0 saturated carbocycles. The highest BCUT2D eigenvalue weighted by molar-refractivity contribution is 6.02. The van der Waals surface area contributed by atoms with Crippen LogP contribution < -0.4 is 0 Å². The van der Waals surface area contributed by atoms with Gasteiger partial charge in [0.2, 0.25) is 5.78 Å². The van der Waals surface area contributed by atoms with Crippen molar-refractivity contribution in [3.8, 4) is 17.2 Å². The summed E-state index contributed by atoms with van der Waals surface area (Å²) in [5.41, 5.74) is -0.556. The number of phenols is 3. The first-order chi connectivity index (χ1) is 10.6. The van der Waals surface area contributed by atoms with Gasteiger partial charge in [-0.2, -0.15) is 0 Å². The Hall–Kier alpha value is -1.95. The summed E-state index contributed by atoms with van der Waals surface area (Å²) in [5.74, 6) is -7.08. The Bertz CT molecular complexity index is 592. The molecular weight excluding hydrogens is 316 g/mol. The van der Waals surface area contributed by atoms with Gasteiger partial charge in [0.1, 0.15) is 24.4 Å². The average Bonchev–Trinajstić information content (AvgIpc) is 2.52. The number of benzene rings is 1. The zero-order valence-electron chi connectivity index (χ0n) is 11.6. The molecule has 23 heavy (non-hydrogen) atoms. The van der Waals surface area contributed by atoms with Crippen LogP contribution in [0.25, 0.3) is 0 Å². The number of aliphatic hydroxyl groups excluding tert-OH is 4. The molecule has 0 amide bonds. The molecule has 0 spiro atoms. The van der Waals surface area contributed by atoms with Crippen LogP contribution in [0.5, 0.6) is 17.2 Å². The van der Waals surface area contributed by atoms with Crippen molar-refractivity contribution in [3.63, 3.8) is 0 Å². The summed E-state index contributed by atoms with van der Waals surface area (Å²) < 4.78 is 4.81. The van der Waals surface area contributed by atoms with Crippen molar-refractivity contribution in [1.29, 1.82) is 0 Å². The summed E-state index contributed by atoms with van der Waals surface area (Å²) in [6.07, 6.45) is -7.61. The normalized spacial score (nSPS) is 34.3. The Morgan fingerprint density at radius 3 is 2.09 bits per heavy atom. The lowest BCUT2D eigenvalue weighted by Crippen LogP contribution is -2.68. The number of hydrogen-bond donors (Lipinski definition) is 8. The van der Waals surface area contributed by atoms with Crippen LogP contribution in [0.3, 0.4) is 0 Å². The van der Waals surface area contributed by atoms with Crippen molar-refractivity contribution in [2.45, 2.75) is 30.2 Å². The number of ether oxygens (including phenoxy) is 1. The molecule has 0 unspecified atom stereocenters. The van der Waals surface area contributed by atoms with Crippen LogP contribution in [0.2, 0.25) is 0 Å². The topological polar surface area (TPSA) is 188 Å². The molecule has 0 aliphatic carbocycles. The molecule has 1 fully saturated rings. The number of Topliss-reactive ketones (excluding diaryl/α,β-unsaturated/α-hetero) is 1. The zero-order chi connectivity index (χ0) is 17.5. The van der Waals surface area contributed by atoms with Gasteiger partial charge in [-0.3, -0.25) is 4.79 Å². The van der Waals surface area contributed by atoms with E-state index >= 15 is 0 Å². The number of phenolic OH excluding ortho intramolecular Hbond substituents is 3. The van der Waals surface area contributed by atoms with Crippen molar-refractivity contribution in [1.82, 2.24) is 0 Å². The second-order valence-electron chi connectivity index (χ2n) is 5.15. The maximum absolute atomic E-state index is 12.3. The maximum atomic E-state index is 12.3. The van der Waals surface area contributed by atoms with E-state index in [1.165, 1.54) is 0 Å². The molecule has 10 nitrogen and oxygen atoms in total. The van der Waals surface area contributed by atoms with E-state index in [9.17, 15) is 40.5 Å². The summed E-state index contributed by atoms with van der Waals surface area (Å²) in [7, 11) is 0. The third-order valence-electron chi connectivity index (χ3n) is 3.62. The fourth-order valence-corrected chi connectivity index (χ4v) is 2.28. The Morgan fingerprint density at radius 1 is 1.09 bits per heavy atom. The number of aromatic hydroxyl groups is 3. The standard InChI is InChI=1S/C13H16O10/c14-3-7-9(18)10(19)12(21)13(22,23-7)11(20)4-1-5(15)8(17)6(16)2-4/h1-2,7,9-10,12,14-19,21-22H,3H2/t7-,9-,10+,12-,13-/m1/s1. The fourth-order valence-electron chi connectivity index (χ4n) is 2.28. The second-order valence-corrected chi connectivity index (χ2v) is 5.15. The maximum Gasteiger partial charge on any atom is 0.261 e. The third-order valence-corrected chi connectivity index (χ3v) is 3.62. The molecule has 1 aromatic rings. The van der Waals surface area contributed by atoms with E-state index in [-0.39, 0.29) is 0 Å². The first kappa shape index (κ1) is 17.4. The first-order valence-electron chi connectivity index (χ1n) is 6.48. The van der Waals surface area contributed by atoms with Crippen LogP contribution in [0.1, 0.15) is 10.4 Å². The number of aliphatic hydroxyl groups is 5. The predicted octanol–water partition coefficient (Wildman–Crippen LogP) is -2.85. The van der Waals surface area contributed by atoms with Crippen LogP contribution >= 0.6 is 0 Å². The zero-order valence-corrected chi connectivity index (χ0v) is 11.6. The smallest absolute Gasteiger partial charge is 0.261 e. The minimum absolute atomic E-state index is 0.556. The highest BCUT2D eigenvalue weighted by Crippen LogP contribution is 2.38. The van der Waals surface area contributed by atoms with Crippen molar-refractivity contribution >= 4 is 5.78 Å². The molecule has 1 aliphatic rings. The molecule has 0 bridgehead atoms. The van der Waals surface area contributed by atoms with E-state index < -0.39 is 65.4 Å². The SMILES string of the molecule is O=C(c1cc(O)c(O)c(O)c1)[C@@]1(O)O[C@H](CO)[C@@H](O)[C@H](O)[C@H]1O. The molecule has 128 valence electrons. The quantitative estimate of drug-likeness (QED) is 0.211. The highest BCUT2D eigenvalue weighted by atomic mass is 16.7. The van der Waals surface area contributed by atoms with Gasteiger partial charge < -0.3 is 45.6 Å². The molecule has 1 heterocycles. The molecule has 0 radical (unpaired) electrons. The number of hydrogen-bond acceptors (Lipinski definition) is 10. The molecule has 5 atom stereocenters. The highest BCUT2D eigenvalue weighted by Gasteiger charge is 2.57. The molecule has 8 N–H and O–H groups in total. The van der Waals surface area contributed by atoms with Gasteiger partial charge in [0.15, 0.2) is 17.2 Å². The van der Waals surface area contributed by atoms with E-state index in [0.29, 0.717) is 12.1 Å². The fraction of sp³-hybridized carbons (Fsp3) is 0.462. The van der Waals surface area contributed by atoms with Crippen LogP contribution in [0.15, 0.2) is 12.1 Å². The van der Waals surface area contributed by atoms with E-state index in [0.717, 1.165) is 0 Å². The molecular formula is C13H16O10. The molecule has 10 heteroatoms. The molecule has 2 rings (SSSR count). The van der Waals surface area contributed by atoms with Crippen LogP contribution in [-0.2, 0) is 4.74 Å². The van der Waals surface area contributed by atoms with Gasteiger partial charge in [0.25, 0.3) is 5.79 Å². The molecule has 0 aromatic heterocycles. The van der Waals surface area contributed by atoms with Crippen molar-refractivity contribution < 1.29 is 50.4 Å². The summed E-state index contributed by atoms with van der Waals surface area (Å²) in [5, 5.41) is 76.5. The van der Waals surface area contributed by atoms with E-state index in [1.807, 2.05) is 0 Å². The number of carbonyl (C=O) groups excluding carboxylic acids is 1. The molecule has 1 aliphatic heterocycles. The lowest BCUT2D eigenvalue weighted by Gasteiger charge is -2.44. The Kier molecular flexibility index (Phi) is 4.48. The van der Waals surface area contributed by atoms with E-state index in [1.54, 1.807) is 0 Å². The molecule has 1 aromatic carbocycles. The minimum atomic E-state index is -3.05. The van der Waals surface area contributed by atoms with Crippen molar-refractivity contribution in [2.75, 3.05) is 6.61 Å². The summed E-state index contributed by atoms with van der Waals surface area (Å²) in [6, 6.07) is 1.38. The Morgan fingerprint density at radius 2 is 1.61 bits per heavy atom. The van der Waals surface area contributed by atoms with E-state index in [2.05, 4.69) is 0 Å². The van der Waals surface area contributed by atoms with Gasteiger partial charge in [-0.25, -0.2) is 0 Å². The van der Waals surface area contributed by atoms with Crippen molar-refractivity contribution in [2.24, 2.45) is 0 Å². The van der Waals surface area contributed by atoms with Gasteiger partial charge in [0.05, 0.1) is 6.61 Å². The third kappa shape index (κ3) is 2.72. The van der Waals surface area contributed by atoms with Crippen LogP contribution in [0, 0.1) is 0 Å². The lowest BCUT2D eigenvalue weighted by atomic mass is 9.87. The monoisotopic (exact) mass is 332 g/mol. The summed E-state index contributed by atoms with van der Waals surface area (Å²) in [4.78, 5) is 12.3. The number of rotatable bonds is 3. The van der Waals surface area contributed by atoms with E-state index in [4.69, 9.17) is 9.84 Å². The largest absolute Gasteiger partial charge is 0.504 e. The van der Waals surface area contributed by atoms with Crippen molar-refractivity contribution in [3.05, 3.63) is 17.7 Å². The van der Waals surface area contributed by atoms with Crippen LogP contribution in [-0.4, -0.2) is 83.4 Å². The summed E-state index contributed by atoms with van der Waals surface area (Å²) >= 11 is 0. The number of carbonyl (C=O) groups is 1. The minimum Gasteiger partial charge on any atom is -0.504 e. The Balaban J connectivity index is 2.44. The second kappa shape index (κ2) is 5.92. The lowest BCUT2D eigenvalue weighted by molar-refractivity contribution is -0.322. The van der Waals surface area contributed by atoms with Gasteiger partial charge in [0, 0.05) is 5.56 Å². The molecule has 1 saturated heterocycles. The van der Waals surface area contributed by atoms with Gasteiger partial charge >= 0.3 is 0 Å². The predicted molar refractivity (Wildman–Crippen MR) is 70.7 cm³/mol. The number of ketones is 1. The van der Waals surface area contributed by atoms with Gasteiger partial charge in [-0.15, -0.1) is 0 Å². The average molecular weight is 332 g/mol. The first-order valence-corrected chi connectivity index (χ1v) is 6.48. The summed E-state index contributed by atoms with van der Waals surface area (Å²) in [6.45, 7) is -0.868. The Labute approximate surface area is 129 Å². The van der Waals surface area contributed by atoms with Gasteiger partial charge in [-0.1, -0.05) is 0 Å².